The molecule has 0 aliphatic rings. The molecular weight excluding hydrogens is 304 g/mol. The first-order valence-electron chi connectivity index (χ1n) is 6.96. The Hall–Kier alpha value is -2.01. The highest BCUT2D eigenvalue weighted by atomic mass is 35.5. The van der Waals surface area contributed by atoms with Gasteiger partial charge >= 0.3 is 5.97 Å². The van der Waals surface area contributed by atoms with Gasteiger partial charge in [-0.3, -0.25) is 4.68 Å². The van der Waals surface area contributed by atoms with Crippen LogP contribution in [0.15, 0.2) is 24.5 Å². The minimum atomic E-state index is -0.489. The summed E-state index contributed by atoms with van der Waals surface area (Å²) in [5.74, 6) is 0.322. The van der Waals surface area contributed by atoms with Crippen LogP contribution < -0.4 is 4.74 Å². The maximum Gasteiger partial charge on any atom is 0.339 e. The van der Waals surface area contributed by atoms with E-state index in [9.17, 15) is 4.79 Å². The molecule has 118 valence electrons. The van der Waals surface area contributed by atoms with E-state index in [0.29, 0.717) is 18.3 Å². The second kappa shape index (κ2) is 6.83. The highest BCUT2D eigenvalue weighted by Crippen LogP contribution is 2.39. The van der Waals surface area contributed by atoms with E-state index in [-0.39, 0.29) is 10.6 Å². The largest absolute Gasteiger partial charge is 0.491 e. The standard InChI is InChI=1S/C16H19ClN2O3/c1-10(2)9-22-15-12(11-7-18-19(3)8-11)5-6-13(14(15)17)16(20)21-4/h5-8,10H,9H2,1-4H3. The summed E-state index contributed by atoms with van der Waals surface area (Å²) in [4.78, 5) is 11.8. The number of benzene rings is 1. The lowest BCUT2D eigenvalue weighted by atomic mass is 10.1. The number of carbonyl (C=O) groups is 1. The van der Waals surface area contributed by atoms with Crippen molar-refractivity contribution < 1.29 is 14.3 Å². The Labute approximate surface area is 134 Å². The molecule has 5 nitrogen and oxygen atoms in total. The van der Waals surface area contributed by atoms with Gasteiger partial charge in [-0.1, -0.05) is 25.4 Å². The first kappa shape index (κ1) is 16.4. The summed E-state index contributed by atoms with van der Waals surface area (Å²) in [6.07, 6.45) is 3.59. The predicted molar refractivity (Wildman–Crippen MR) is 85.3 cm³/mol. The van der Waals surface area contributed by atoms with Gasteiger partial charge in [-0.15, -0.1) is 0 Å². The van der Waals surface area contributed by atoms with Crippen LogP contribution in [0.4, 0.5) is 0 Å². The van der Waals surface area contributed by atoms with Gasteiger partial charge in [-0.2, -0.15) is 5.10 Å². The van der Waals surface area contributed by atoms with E-state index in [4.69, 9.17) is 21.1 Å². The number of halogens is 1. The topological polar surface area (TPSA) is 53.3 Å². The summed E-state index contributed by atoms with van der Waals surface area (Å²) in [5.41, 5.74) is 1.96. The fraction of sp³-hybridized carbons (Fsp3) is 0.375. The molecule has 0 unspecified atom stereocenters. The van der Waals surface area contributed by atoms with Crippen LogP contribution in [0.3, 0.4) is 0 Å². The fourth-order valence-electron chi connectivity index (χ4n) is 2.00. The van der Waals surface area contributed by atoms with Crippen LogP contribution in [0.1, 0.15) is 24.2 Å². The molecule has 2 aromatic rings. The molecule has 0 bridgehead atoms. The average molecular weight is 323 g/mol. The van der Waals surface area contributed by atoms with Crippen molar-refractivity contribution >= 4 is 17.6 Å². The zero-order valence-corrected chi connectivity index (χ0v) is 13.8. The zero-order valence-electron chi connectivity index (χ0n) is 13.1. The molecule has 1 aromatic heterocycles. The number of nitrogens with zero attached hydrogens (tertiary/aromatic N) is 2. The van der Waals surface area contributed by atoms with Crippen molar-refractivity contribution in [1.29, 1.82) is 0 Å². The van der Waals surface area contributed by atoms with Gasteiger partial charge in [0.1, 0.15) is 5.75 Å². The van der Waals surface area contributed by atoms with Crippen molar-refractivity contribution in [2.45, 2.75) is 13.8 Å². The maximum absolute atomic E-state index is 11.8. The Kier molecular flexibility index (Phi) is 5.08. The van der Waals surface area contributed by atoms with Crippen LogP contribution in [0, 0.1) is 5.92 Å². The number of methoxy groups -OCH3 is 1. The molecule has 0 saturated carbocycles. The van der Waals surface area contributed by atoms with Crippen LogP contribution >= 0.6 is 11.6 Å². The van der Waals surface area contributed by atoms with Crippen molar-refractivity contribution in [2.75, 3.05) is 13.7 Å². The SMILES string of the molecule is COC(=O)c1ccc(-c2cnn(C)c2)c(OCC(C)C)c1Cl. The number of hydrogen-bond acceptors (Lipinski definition) is 4. The lowest BCUT2D eigenvalue weighted by Crippen LogP contribution is -2.08. The van der Waals surface area contributed by atoms with Crippen LogP contribution in [0.25, 0.3) is 11.1 Å². The Balaban J connectivity index is 2.52. The molecule has 0 atom stereocenters. The molecule has 0 N–H and O–H groups in total. The summed E-state index contributed by atoms with van der Waals surface area (Å²) >= 11 is 6.37. The number of hydrogen-bond donors (Lipinski definition) is 0. The van der Waals surface area contributed by atoms with Gasteiger partial charge in [0.25, 0.3) is 0 Å². The molecule has 0 saturated heterocycles. The van der Waals surface area contributed by atoms with E-state index < -0.39 is 5.97 Å². The Bertz CT molecular complexity index is 680. The van der Waals surface area contributed by atoms with E-state index in [0.717, 1.165) is 11.1 Å². The van der Waals surface area contributed by atoms with Gasteiger partial charge < -0.3 is 9.47 Å². The molecule has 0 spiro atoms. The molecule has 0 aliphatic heterocycles. The highest BCUT2D eigenvalue weighted by Gasteiger charge is 2.20. The molecule has 0 aliphatic carbocycles. The summed E-state index contributed by atoms with van der Waals surface area (Å²) in [6, 6.07) is 3.43. The monoisotopic (exact) mass is 322 g/mol. The number of aryl methyl sites for hydroxylation is 1. The van der Waals surface area contributed by atoms with Gasteiger partial charge in [-0.05, 0) is 18.1 Å². The molecule has 6 heteroatoms. The number of rotatable bonds is 5. The van der Waals surface area contributed by atoms with E-state index in [2.05, 4.69) is 5.10 Å². The average Bonchev–Trinajstić information content (AvgIpc) is 2.91. The van der Waals surface area contributed by atoms with Crippen molar-refractivity contribution in [3.05, 3.63) is 35.1 Å². The van der Waals surface area contributed by atoms with Gasteiger partial charge in [0.05, 0.1) is 30.5 Å². The molecule has 0 amide bonds. The van der Waals surface area contributed by atoms with Crippen molar-refractivity contribution in [2.24, 2.45) is 13.0 Å². The third-order valence-electron chi connectivity index (χ3n) is 3.08. The lowest BCUT2D eigenvalue weighted by molar-refractivity contribution is 0.0600. The summed E-state index contributed by atoms with van der Waals surface area (Å²) < 4.78 is 12.3. The van der Waals surface area contributed by atoms with Crippen molar-refractivity contribution in [1.82, 2.24) is 9.78 Å². The van der Waals surface area contributed by atoms with Crippen LogP contribution in [0.5, 0.6) is 5.75 Å². The van der Waals surface area contributed by atoms with Gasteiger partial charge in [0.2, 0.25) is 0 Å². The third kappa shape index (κ3) is 3.42. The fourth-order valence-corrected chi connectivity index (χ4v) is 2.30. The van der Waals surface area contributed by atoms with Gasteiger partial charge in [-0.25, -0.2) is 4.79 Å². The molecule has 0 fully saturated rings. The minimum absolute atomic E-state index is 0.258. The van der Waals surface area contributed by atoms with E-state index in [1.165, 1.54) is 7.11 Å². The maximum atomic E-state index is 11.8. The van der Waals surface area contributed by atoms with Crippen LogP contribution in [-0.2, 0) is 11.8 Å². The summed E-state index contributed by atoms with van der Waals surface area (Å²) in [7, 11) is 3.16. The Morgan fingerprint density at radius 1 is 1.41 bits per heavy atom. The number of ether oxygens (including phenoxy) is 2. The second-order valence-electron chi connectivity index (χ2n) is 5.40. The predicted octanol–water partition coefficient (Wildman–Crippen LogP) is 3.56. The number of carbonyl (C=O) groups excluding carboxylic acids is 1. The van der Waals surface area contributed by atoms with Crippen LogP contribution in [0.2, 0.25) is 5.02 Å². The van der Waals surface area contributed by atoms with Crippen molar-refractivity contribution in [3.8, 4) is 16.9 Å². The Morgan fingerprint density at radius 3 is 2.68 bits per heavy atom. The summed E-state index contributed by atoms with van der Waals surface area (Å²) in [5, 5.41) is 4.42. The summed E-state index contributed by atoms with van der Waals surface area (Å²) in [6.45, 7) is 4.58. The molecule has 2 rings (SSSR count). The van der Waals surface area contributed by atoms with E-state index in [1.54, 1.807) is 23.0 Å². The first-order valence-corrected chi connectivity index (χ1v) is 7.34. The van der Waals surface area contributed by atoms with Gasteiger partial charge in [0.15, 0.2) is 0 Å². The quantitative estimate of drug-likeness (QED) is 0.790. The van der Waals surface area contributed by atoms with Crippen LogP contribution in [-0.4, -0.2) is 29.5 Å². The minimum Gasteiger partial charge on any atom is -0.491 e. The first-order chi connectivity index (χ1) is 10.4. The highest BCUT2D eigenvalue weighted by molar-refractivity contribution is 6.35. The van der Waals surface area contributed by atoms with Crippen molar-refractivity contribution in [3.63, 3.8) is 0 Å². The smallest absolute Gasteiger partial charge is 0.339 e. The third-order valence-corrected chi connectivity index (χ3v) is 3.45. The molecule has 1 aromatic carbocycles. The Morgan fingerprint density at radius 2 is 2.14 bits per heavy atom. The lowest BCUT2D eigenvalue weighted by Gasteiger charge is -2.16. The van der Waals surface area contributed by atoms with Gasteiger partial charge in [0, 0.05) is 24.4 Å². The zero-order chi connectivity index (χ0) is 16.3. The van der Waals surface area contributed by atoms with E-state index >= 15 is 0 Å². The molecule has 1 heterocycles. The second-order valence-corrected chi connectivity index (χ2v) is 5.78. The van der Waals surface area contributed by atoms with E-state index in [1.807, 2.05) is 27.1 Å². The molecule has 22 heavy (non-hydrogen) atoms. The number of aromatic nitrogens is 2. The normalized spacial score (nSPS) is 10.8. The number of esters is 1. The molecular formula is C16H19ClN2O3. The molecule has 0 radical (unpaired) electrons.